The Morgan fingerprint density at radius 3 is 1.89 bits per heavy atom. The number of hydrogen-bond acceptors (Lipinski definition) is 5. The Morgan fingerprint density at radius 1 is 0.895 bits per heavy atom. The van der Waals surface area contributed by atoms with Gasteiger partial charge in [0.2, 0.25) is 0 Å². The summed E-state index contributed by atoms with van der Waals surface area (Å²) in [4.78, 5) is 9.99. The molecule has 0 amide bonds. The van der Waals surface area contributed by atoms with Gasteiger partial charge in [0.05, 0.1) is 52.0 Å². The summed E-state index contributed by atoms with van der Waals surface area (Å²) in [6, 6.07) is 0. The number of phosphoric ester groups is 1. The van der Waals surface area contributed by atoms with Gasteiger partial charge in [0.1, 0.15) is 5.72 Å². The van der Waals surface area contributed by atoms with E-state index in [1.807, 2.05) is 13.8 Å². The molecule has 0 spiro atoms. The van der Waals surface area contributed by atoms with Gasteiger partial charge in [-0.2, -0.15) is 0 Å². The Labute approximate surface area is 233 Å². The van der Waals surface area contributed by atoms with E-state index in [9.17, 15) is 14.7 Å². The van der Waals surface area contributed by atoms with Crippen molar-refractivity contribution in [3.8, 4) is 0 Å². The van der Waals surface area contributed by atoms with Crippen LogP contribution in [0, 0.1) is 0 Å². The molecular formula is C29H59N2O6P+. The molecule has 0 aromatic heterocycles. The lowest BCUT2D eigenvalue weighted by atomic mass is 9.95. The summed E-state index contributed by atoms with van der Waals surface area (Å²) in [5.41, 5.74) is -1.01. The van der Waals surface area contributed by atoms with Crippen molar-refractivity contribution >= 4 is 7.82 Å². The van der Waals surface area contributed by atoms with E-state index >= 15 is 0 Å². The second-order valence-electron chi connectivity index (χ2n) is 13.1. The third-order valence-corrected chi connectivity index (χ3v) is 9.47. The first-order valence-electron chi connectivity index (χ1n) is 15.5. The number of quaternary nitrogens is 1. The summed E-state index contributed by atoms with van der Waals surface area (Å²) in [7, 11) is 0.407. The lowest BCUT2D eigenvalue weighted by Crippen LogP contribution is -2.49. The highest BCUT2D eigenvalue weighted by atomic mass is 31.2. The van der Waals surface area contributed by atoms with Crippen molar-refractivity contribution in [3.63, 3.8) is 0 Å². The van der Waals surface area contributed by atoms with E-state index in [2.05, 4.69) is 21.0 Å². The van der Waals surface area contributed by atoms with E-state index in [0.717, 1.165) is 81.8 Å². The van der Waals surface area contributed by atoms with Gasteiger partial charge >= 0.3 is 7.82 Å². The number of ether oxygens (including phenoxy) is 1. The summed E-state index contributed by atoms with van der Waals surface area (Å²) in [5.74, 6) is 0. The molecule has 1 N–H and O–H groups in total. The van der Waals surface area contributed by atoms with Crippen molar-refractivity contribution in [1.82, 2.24) is 5.06 Å². The van der Waals surface area contributed by atoms with Crippen LogP contribution in [0.15, 0.2) is 0 Å². The molecule has 9 heteroatoms. The zero-order valence-electron chi connectivity index (χ0n) is 25.3. The SMILES string of the molecule is CCCCC1(CCCCCCCCCCCCCOP(=O)(O)OC2CC[N+](C)(C)CC2)OCC(C)(C)N1[O]. The molecule has 2 unspecified atom stereocenters. The fourth-order valence-electron chi connectivity index (χ4n) is 5.75. The molecule has 0 bridgehead atoms. The Hall–Kier alpha value is -0.0500. The molecule has 2 atom stereocenters. The third-order valence-electron chi connectivity index (χ3n) is 8.40. The second-order valence-corrected chi connectivity index (χ2v) is 14.5. The molecule has 0 aromatic rings. The van der Waals surface area contributed by atoms with E-state index in [1.165, 1.54) is 50.0 Å². The Morgan fingerprint density at radius 2 is 1.39 bits per heavy atom. The molecule has 1 radical (unpaired) electrons. The van der Waals surface area contributed by atoms with Crippen molar-refractivity contribution in [3.05, 3.63) is 0 Å². The lowest BCUT2D eigenvalue weighted by Gasteiger charge is -2.37. The van der Waals surface area contributed by atoms with Gasteiger partial charge in [0.15, 0.2) is 0 Å². The average Bonchev–Trinajstić information content (AvgIpc) is 3.08. The number of hydrogen-bond donors (Lipinski definition) is 1. The predicted molar refractivity (Wildman–Crippen MR) is 152 cm³/mol. The summed E-state index contributed by atoms with van der Waals surface area (Å²) in [6.45, 7) is 8.88. The molecule has 2 heterocycles. The molecule has 2 fully saturated rings. The number of likely N-dealkylation sites (tertiary alicyclic amines) is 1. The normalized spacial score (nSPS) is 25.6. The fraction of sp³-hybridized carbons (Fsp3) is 1.00. The maximum Gasteiger partial charge on any atom is 0.472 e. The van der Waals surface area contributed by atoms with Gasteiger partial charge in [-0.05, 0) is 46.0 Å². The first-order chi connectivity index (χ1) is 17.9. The standard InChI is InChI=1S/C29H58N2O6P/c1-6-7-21-29(30(32)28(2,3)26-35-29)22-17-15-13-11-9-8-10-12-14-16-18-25-36-38(33,34)37-27-19-23-31(4,5)24-20-27/h27H,6-26H2,1-5H3/p+1. The van der Waals surface area contributed by atoms with Crippen LogP contribution >= 0.6 is 7.82 Å². The monoisotopic (exact) mass is 562 g/mol. The Kier molecular flexibility index (Phi) is 14.7. The molecule has 2 aliphatic rings. The summed E-state index contributed by atoms with van der Waals surface area (Å²) < 4.78 is 29.8. The second kappa shape index (κ2) is 16.4. The summed E-state index contributed by atoms with van der Waals surface area (Å²) >= 11 is 0. The fourth-order valence-corrected chi connectivity index (χ4v) is 6.75. The summed E-state index contributed by atoms with van der Waals surface area (Å²) in [5, 5.41) is 14.2. The predicted octanol–water partition coefficient (Wildman–Crippen LogP) is 7.38. The molecule has 2 rings (SSSR count). The Bertz CT molecular complexity index is 697. The minimum atomic E-state index is -3.94. The molecule has 8 nitrogen and oxygen atoms in total. The van der Waals surface area contributed by atoms with Crippen molar-refractivity contribution in [2.24, 2.45) is 0 Å². The highest BCUT2D eigenvalue weighted by molar-refractivity contribution is 7.47. The first kappa shape index (κ1) is 34.2. The molecule has 0 aromatic carbocycles. The van der Waals surface area contributed by atoms with E-state index in [0.29, 0.717) is 6.61 Å². The number of rotatable bonds is 20. The maximum absolute atomic E-state index is 12.9. The van der Waals surface area contributed by atoms with Gasteiger partial charge < -0.3 is 14.1 Å². The zero-order chi connectivity index (χ0) is 28.1. The van der Waals surface area contributed by atoms with E-state index in [-0.39, 0.29) is 12.7 Å². The molecule has 2 aliphatic heterocycles. The number of nitrogens with zero attached hydrogens (tertiary/aromatic N) is 2. The van der Waals surface area contributed by atoms with Gasteiger partial charge in [0.25, 0.3) is 0 Å². The third kappa shape index (κ3) is 12.2. The van der Waals surface area contributed by atoms with Crippen LogP contribution in [0.1, 0.15) is 130 Å². The number of phosphoric acid groups is 1. The highest BCUT2D eigenvalue weighted by Gasteiger charge is 2.51. The quantitative estimate of drug-likeness (QED) is 0.0946. The van der Waals surface area contributed by atoms with E-state index < -0.39 is 19.1 Å². The van der Waals surface area contributed by atoms with Crippen molar-refractivity contribution < 1.29 is 32.9 Å². The van der Waals surface area contributed by atoms with Crippen LogP contribution in [0.2, 0.25) is 0 Å². The zero-order valence-corrected chi connectivity index (χ0v) is 26.2. The summed E-state index contributed by atoms with van der Waals surface area (Å²) in [6.07, 6.45) is 17.9. The average molecular weight is 563 g/mol. The van der Waals surface area contributed by atoms with Crippen molar-refractivity contribution in [2.45, 2.75) is 147 Å². The van der Waals surface area contributed by atoms with Gasteiger partial charge in [0, 0.05) is 12.8 Å². The lowest BCUT2D eigenvalue weighted by molar-refractivity contribution is -0.896. The minimum absolute atomic E-state index is 0.170. The van der Waals surface area contributed by atoms with Gasteiger partial charge in [-0.25, -0.2) is 4.57 Å². The van der Waals surface area contributed by atoms with Crippen LogP contribution in [0.3, 0.4) is 0 Å². The largest absolute Gasteiger partial charge is 0.472 e. The molecule has 0 aliphatic carbocycles. The van der Waals surface area contributed by atoms with Crippen LogP contribution in [-0.4, -0.2) is 72.2 Å². The highest BCUT2D eigenvalue weighted by Crippen LogP contribution is 2.46. The van der Waals surface area contributed by atoms with Crippen LogP contribution in [-0.2, 0) is 23.6 Å². The van der Waals surface area contributed by atoms with Gasteiger partial charge in [-0.15, -0.1) is 10.3 Å². The topological polar surface area (TPSA) is 88.1 Å². The van der Waals surface area contributed by atoms with Crippen LogP contribution in [0.5, 0.6) is 0 Å². The maximum atomic E-state index is 12.9. The molecule has 0 saturated carbocycles. The van der Waals surface area contributed by atoms with E-state index in [1.54, 1.807) is 0 Å². The minimum Gasteiger partial charge on any atom is -0.356 e. The van der Waals surface area contributed by atoms with Crippen molar-refractivity contribution in [2.75, 3.05) is 40.4 Å². The van der Waals surface area contributed by atoms with Gasteiger partial charge in [-0.3, -0.25) is 9.05 Å². The first-order valence-corrected chi connectivity index (χ1v) is 17.0. The van der Waals surface area contributed by atoms with Crippen LogP contribution in [0.4, 0.5) is 0 Å². The number of piperidine rings is 1. The van der Waals surface area contributed by atoms with Crippen LogP contribution < -0.4 is 0 Å². The number of hydroxylamine groups is 2. The molecular weight excluding hydrogens is 503 g/mol. The van der Waals surface area contributed by atoms with Crippen molar-refractivity contribution in [1.29, 1.82) is 0 Å². The van der Waals surface area contributed by atoms with E-state index in [4.69, 9.17) is 13.8 Å². The Balaban J connectivity index is 1.41. The molecule has 38 heavy (non-hydrogen) atoms. The number of unbranched alkanes of at least 4 members (excludes halogenated alkanes) is 11. The van der Waals surface area contributed by atoms with Gasteiger partial charge in [-0.1, -0.05) is 71.1 Å². The molecule has 2 saturated heterocycles. The van der Waals surface area contributed by atoms with Crippen LogP contribution in [0.25, 0.3) is 0 Å². The molecule has 225 valence electrons. The smallest absolute Gasteiger partial charge is 0.356 e.